The molecule has 1 aliphatic rings. The molecule has 0 aliphatic carbocycles. The van der Waals surface area contributed by atoms with Crippen molar-refractivity contribution in [1.29, 1.82) is 0 Å². The van der Waals surface area contributed by atoms with Gasteiger partial charge in [0, 0.05) is 37.5 Å². The van der Waals surface area contributed by atoms with Crippen molar-refractivity contribution in [3.63, 3.8) is 0 Å². The Labute approximate surface area is 147 Å². The van der Waals surface area contributed by atoms with Crippen LogP contribution in [0.2, 0.25) is 0 Å². The first-order chi connectivity index (χ1) is 11.7. The summed E-state index contributed by atoms with van der Waals surface area (Å²) in [5.41, 5.74) is 7.15. The number of pyridine rings is 1. The monoisotopic (exact) mass is 381 g/mol. The van der Waals surface area contributed by atoms with Gasteiger partial charge in [-0.05, 0) is 17.7 Å². The maximum Gasteiger partial charge on any atom is 0.244 e. The lowest BCUT2D eigenvalue weighted by Crippen LogP contribution is -2.32. The van der Waals surface area contributed by atoms with Gasteiger partial charge in [-0.15, -0.1) is 0 Å². The minimum Gasteiger partial charge on any atom is -0.326 e. The van der Waals surface area contributed by atoms with Crippen molar-refractivity contribution in [3.05, 3.63) is 54.2 Å². The maximum atomic E-state index is 12.8. The van der Waals surface area contributed by atoms with Crippen molar-refractivity contribution >= 4 is 19.9 Å². The highest BCUT2D eigenvalue weighted by Gasteiger charge is 2.38. The Morgan fingerprint density at radius 2 is 1.72 bits per heavy atom. The highest BCUT2D eigenvalue weighted by Crippen LogP contribution is 2.30. The second-order valence-corrected chi connectivity index (χ2v) is 10.0. The van der Waals surface area contributed by atoms with Gasteiger partial charge in [-0.2, -0.15) is 4.31 Å². The highest BCUT2D eigenvalue weighted by molar-refractivity contribution is 7.90. The topological polar surface area (TPSA) is 110 Å². The summed E-state index contributed by atoms with van der Waals surface area (Å²) in [5, 5.41) is -0.160. The smallest absolute Gasteiger partial charge is 0.244 e. The Hall–Kier alpha value is -1.81. The molecule has 1 aromatic carbocycles. The zero-order valence-electron chi connectivity index (χ0n) is 13.6. The van der Waals surface area contributed by atoms with Gasteiger partial charge in [-0.1, -0.05) is 30.3 Å². The van der Waals surface area contributed by atoms with Gasteiger partial charge in [0.25, 0.3) is 0 Å². The molecule has 0 spiro atoms. The van der Waals surface area contributed by atoms with E-state index in [2.05, 4.69) is 4.98 Å². The van der Waals surface area contributed by atoms with Crippen LogP contribution in [-0.4, -0.2) is 51.5 Å². The SMILES string of the molecule is CS(=O)(=O)c1ccc(S(=O)(=O)N2C[C@@H](N)[C@H](c3ccccc3)C2)cn1. The highest BCUT2D eigenvalue weighted by atomic mass is 32.2. The Kier molecular flexibility index (Phi) is 4.67. The van der Waals surface area contributed by atoms with Crippen molar-refractivity contribution in [2.75, 3.05) is 19.3 Å². The van der Waals surface area contributed by atoms with Crippen molar-refractivity contribution in [1.82, 2.24) is 9.29 Å². The average Bonchev–Trinajstić information content (AvgIpc) is 2.98. The molecule has 0 radical (unpaired) electrons. The summed E-state index contributed by atoms with van der Waals surface area (Å²) in [5.74, 6) is -0.0840. The van der Waals surface area contributed by atoms with Gasteiger partial charge in [0.1, 0.15) is 4.90 Å². The number of hydrogen-bond acceptors (Lipinski definition) is 6. The van der Waals surface area contributed by atoms with Gasteiger partial charge in [0.2, 0.25) is 10.0 Å². The Morgan fingerprint density at radius 3 is 2.28 bits per heavy atom. The van der Waals surface area contributed by atoms with E-state index in [1.54, 1.807) is 0 Å². The van der Waals surface area contributed by atoms with Crippen LogP contribution in [0, 0.1) is 0 Å². The second-order valence-electron chi connectivity index (χ2n) is 6.11. The molecule has 3 rings (SSSR count). The third kappa shape index (κ3) is 3.59. The van der Waals surface area contributed by atoms with Gasteiger partial charge in [0.05, 0.1) is 0 Å². The molecule has 9 heteroatoms. The number of hydrogen-bond donors (Lipinski definition) is 1. The number of sulfonamides is 1. The van der Waals surface area contributed by atoms with Crippen LogP contribution < -0.4 is 5.73 Å². The fourth-order valence-electron chi connectivity index (χ4n) is 2.93. The third-order valence-electron chi connectivity index (χ3n) is 4.29. The molecule has 2 atom stereocenters. The lowest BCUT2D eigenvalue weighted by Gasteiger charge is -2.16. The van der Waals surface area contributed by atoms with Crippen LogP contribution in [0.4, 0.5) is 0 Å². The van der Waals surface area contributed by atoms with Crippen LogP contribution in [0.1, 0.15) is 11.5 Å². The Bertz CT molecular complexity index is 958. The number of rotatable bonds is 4. The summed E-state index contributed by atoms with van der Waals surface area (Å²) in [6.45, 7) is 0.483. The summed E-state index contributed by atoms with van der Waals surface area (Å²) in [6.07, 6.45) is 2.10. The number of nitrogens with zero attached hydrogens (tertiary/aromatic N) is 2. The van der Waals surface area contributed by atoms with E-state index in [0.29, 0.717) is 0 Å². The minimum atomic E-state index is -3.78. The van der Waals surface area contributed by atoms with E-state index in [4.69, 9.17) is 5.73 Å². The normalized spacial score (nSPS) is 22.2. The third-order valence-corrected chi connectivity index (χ3v) is 7.10. The van der Waals surface area contributed by atoms with Gasteiger partial charge in [-0.25, -0.2) is 21.8 Å². The fourth-order valence-corrected chi connectivity index (χ4v) is 4.94. The van der Waals surface area contributed by atoms with Crippen molar-refractivity contribution in [2.24, 2.45) is 5.73 Å². The molecule has 1 aromatic heterocycles. The number of nitrogens with two attached hydrogens (primary N) is 1. The molecule has 1 fully saturated rings. The molecule has 0 saturated carbocycles. The van der Waals surface area contributed by atoms with Crippen LogP contribution in [0.3, 0.4) is 0 Å². The van der Waals surface area contributed by atoms with Crippen molar-refractivity contribution in [3.8, 4) is 0 Å². The van der Waals surface area contributed by atoms with Crippen LogP contribution >= 0.6 is 0 Å². The van der Waals surface area contributed by atoms with Gasteiger partial charge in [-0.3, -0.25) is 0 Å². The van der Waals surface area contributed by atoms with Crippen LogP contribution in [0.5, 0.6) is 0 Å². The molecule has 7 nitrogen and oxygen atoms in total. The zero-order valence-corrected chi connectivity index (χ0v) is 15.2. The van der Waals surface area contributed by atoms with E-state index < -0.39 is 19.9 Å². The summed E-state index contributed by atoms with van der Waals surface area (Å²) < 4.78 is 49.8. The Balaban J connectivity index is 1.86. The van der Waals surface area contributed by atoms with E-state index in [1.165, 1.54) is 16.4 Å². The first kappa shape index (κ1) is 18.0. The molecule has 25 heavy (non-hydrogen) atoms. The summed E-state index contributed by atoms with van der Waals surface area (Å²) in [4.78, 5) is 3.72. The number of aromatic nitrogens is 1. The van der Waals surface area contributed by atoms with Crippen LogP contribution in [-0.2, 0) is 19.9 Å². The first-order valence-corrected chi connectivity index (χ1v) is 11.0. The molecule has 2 aromatic rings. The molecule has 2 N–H and O–H groups in total. The molecular formula is C16H19N3O4S2. The maximum absolute atomic E-state index is 12.8. The molecule has 1 saturated heterocycles. The van der Waals surface area contributed by atoms with E-state index in [1.807, 2.05) is 30.3 Å². The number of sulfone groups is 1. The quantitative estimate of drug-likeness (QED) is 0.830. The zero-order chi connectivity index (χ0) is 18.2. The fraction of sp³-hybridized carbons (Fsp3) is 0.312. The molecule has 0 bridgehead atoms. The largest absolute Gasteiger partial charge is 0.326 e. The predicted octanol–water partition coefficient (Wildman–Crippen LogP) is 0.601. The standard InChI is InChI=1S/C16H19N3O4S2/c1-24(20,21)16-8-7-13(9-18-16)25(22,23)19-10-14(15(17)11-19)12-5-3-2-4-6-12/h2-9,14-15H,10-11,17H2,1H3/t14-,15+/m0/s1. The summed E-state index contributed by atoms with van der Waals surface area (Å²) in [6, 6.07) is 11.7. The van der Waals surface area contributed by atoms with E-state index >= 15 is 0 Å². The van der Waals surface area contributed by atoms with E-state index in [0.717, 1.165) is 18.0 Å². The van der Waals surface area contributed by atoms with E-state index in [9.17, 15) is 16.8 Å². The molecule has 134 valence electrons. The van der Waals surface area contributed by atoms with Crippen molar-refractivity contribution < 1.29 is 16.8 Å². The van der Waals surface area contributed by atoms with E-state index in [-0.39, 0.29) is 35.0 Å². The van der Waals surface area contributed by atoms with Crippen molar-refractivity contribution in [2.45, 2.75) is 21.9 Å². The summed E-state index contributed by atoms with van der Waals surface area (Å²) >= 11 is 0. The molecular weight excluding hydrogens is 362 g/mol. The first-order valence-electron chi connectivity index (χ1n) is 7.66. The Morgan fingerprint density at radius 1 is 1.04 bits per heavy atom. The predicted molar refractivity (Wildman–Crippen MR) is 93.3 cm³/mol. The van der Waals surface area contributed by atoms with Crippen LogP contribution in [0.15, 0.2) is 58.6 Å². The average molecular weight is 381 g/mol. The molecule has 1 aliphatic heterocycles. The number of benzene rings is 1. The lowest BCUT2D eigenvalue weighted by molar-refractivity contribution is 0.469. The molecule has 0 amide bonds. The molecule has 0 unspecified atom stereocenters. The minimum absolute atomic E-state index is 0.0409. The van der Waals surface area contributed by atoms with Gasteiger partial charge in [0.15, 0.2) is 14.9 Å². The molecule has 2 heterocycles. The second kappa shape index (κ2) is 6.49. The van der Waals surface area contributed by atoms with Crippen LogP contribution in [0.25, 0.3) is 0 Å². The van der Waals surface area contributed by atoms with Gasteiger partial charge < -0.3 is 5.73 Å². The van der Waals surface area contributed by atoms with Gasteiger partial charge >= 0.3 is 0 Å². The summed E-state index contributed by atoms with van der Waals surface area (Å²) in [7, 11) is -7.26. The lowest BCUT2D eigenvalue weighted by atomic mass is 9.95.